The largest absolute Gasteiger partial charge is 0.469 e. The summed E-state index contributed by atoms with van der Waals surface area (Å²) in [6.45, 7) is 4.19. The molecule has 2 N–H and O–H groups in total. The molecule has 0 saturated carbocycles. The molecule has 0 aromatic heterocycles. The summed E-state index contributed by atoms with van der Waals surface area (Å²) < 4.78 is 4.59. The van der Waals surface area contributed by atoms with E-state index in [9.17, 15) is 4.79 Å². The number of rotatable bonds is 5. The highest BCUT2D eigenvalue weighted by atomic mass is 16.5. The predicted octanol–water partition coefficient (Wildman–Crippen LogP) is 2.13. The van der Waals surface area contributed by atoms with Crippen LogP contribution in [-0.4, -0.2) is 19.1 Å². The summed E-state index contributed by atoms with van der Waals surface area (Å²) in [5, 5.41) is 0. The van der Waals surface area contributed by atoms with Crippen molar-refractivity contribution in [3.05, 3.63) is 34.9 Å². The fourth-order valence-corrected chi connectivity index (χ4v) is 1.74. The first-order chi connectivity index (χ1) is 8.02. The molecule has 3 nitrogen and oxygen atoms in total. The normalized spacial score (nSPS) is 12.2. The first kappa shape index (κ1) is 13.7. The standard InChI is InChI=1S/C14H21NO2/c1-10-4-5-12(8-11(10)2)9-13(15)6-7-14(16)17-3/h4-5,8,13H,6-7,9,15H2,1-3H3. The van der Waals surface area contributed by atoms with E-state index in [2.05, 4.69) is 36.8 Å². The number of hydrogen-bond acceptors (Lipinski definition) is 3. The Balaban J connectivity index is 2.47. The molecule has 0 aliphatic carbocycles. The third-order valence-electron chi connectivity index (χ3n) is 3.02. The fourth-order valence-electron chi connectivity index (χ4n) is 1.74. The van der Waals surface area contributed by atoms with Crippen LogP contribution in [0.2, 0.25) is 0 Å². The van der Waals surface area contributed by atoms with Crippen LogP contribution in [0.1, 0.15) is 29.5 Å². The maximum atomic E-state index is 11.0. The highest BCUT2D eigenvalue weighted by Crippen LogP contribution is 2.12. The van der Waals surface area contributed by atoms with Gasteiger partial charge in [0.15, 0.2) is 0 Å². The number of hydrogen-bond donors (Lipinski definition) is 1. The Morgan fingerprint density at radius 2 is 2.06 bits per heavy atom. The second kappa shape index (κ2) is 6.40. The van der Waals surface area contributed by atoms with E-state index < -0.39 is 0 Å². The van der Waals surface area contributed by atoms with Crippen molar-refractivity contribution in [3.63, 3.8) is 0 Å². The molecule has 0 radical (unpaired) electrons. The molecule has 1 aromatic rings. The molecule has 0 aliphatic heterocycles. The maximum Gasteiger partial charge on any atom is 0.305 e. The van der Waals surface area contributed by atoms with E-state index in [0.717, 1.165) is 6.42 Å². The zero-order chi connectivity index (χ0) is 12.8. The fraction of sp³-hybridized carbons (Fsp3) is 0.500. The quantitative estimate of drug-likeness (QED) is 0.795. The summed E-state index contributed by atoms with van der Waals surface area (Å²) in [6.07, 6.45) is 1.86. The molecule has 1 rings (SSSR count). The van der Waals surface area contributed by atoms with Gasteiger partial charge in [-0.1, -0.05) is 18.2 Å². The highest BCUT2D eigenvalue weighted by molar-refractivity contribution is 5.69. The molecule has 17 heavy (non-hydrogen) atoms. The first-order valence-corrected chi connectivity index (χ1v) is 5.91. The summed E-state index contributed by atoms with van der Waals surface area (Å²) >= 11 is 0. The van der Waals surface area contributed by atoms with Crippen molar-refractivity contribution in [2.45, 2.75) is 39.2 Å². The lowest BCUT2D eigenvalue weighted by Gasteiger charge is -2.12. The van der Waals surface area contributed by atoms with Gasteiger partial charge in [0.25, 0.3) is 0 Å². The number of carbonyl (C=O) groups excluding carboxylic acids is 1. The lowest BCUT2D eigenvalue weighted by Crippen LogP contribution is -2.24. The molecule has 0 aliphatic rings. The Morgan fingerprint density at radius 3 is 2.65 bits per heavy atom. The summed E-state index contributed by atoms with van der Waals surface area (Å²) in [6, 6.07) is 6.38. The summed E-state index contributed by atoms with van der Waals surface area (Å²) in [4.78, 5) is 11.0. The number of esters is 1. The SMILES string of the molecule is COC(=O)CCC(N)Cc1ccc(C)c(C)c1. The maximum absolute atomic E-state index is 11.0. The second-order valence-electron chi connectivity index (χ2n) is 4.50. The molecule has 0 heterocycles. The van der Waals surface area contributed by atoms with Gasteiger partial charge in [0.05, 0.1) is 7.11 Å². The van der Waals surface area contributed by atoms with Crippen molar-refractivity contribution in [2.75, 3.05) is 7.11 Å². The van der Waals surface area contributed by atoms with E-state index in [1.165, 1.54) is 23.8 Å². The van der Waals surface area contributed by atoms with Crippen LogP contribution in [0.25, 0.3) is 0 Å². The average molecular weight is 235 g/mol. The van der Waals surface area contributed by atoms with Gasteiger partial charge >= 0.3 is 5.97 Å². The van der Waals surface area contributed by atoms with Gasteiger partial charge in [-0.05, 0) is 43.4 Å². The minimum Gasteiger partial charge on any atom is -0.469 e. The molecule has 0 amide bonds. The molecule has 3 heteroatoms. The monoisotopic (exact) mass is 235 g/mol. The van der Waals surface area contributed by atoms with Crippen molar-refractivity contribution >= 4 is 5.97 Å². The molecule has 0 fully saturated rings. The molecule has 1 aromatic carbocycles. The third kappa shape index (κ3) is 4.57. The Labute approximate surface area is 103 Å². The van der Waals surface area contributed by atoms with Crippen molar-refractivity contribution in [1.82, 2.24) is 0 Å². The molecule has 1 atom stereocenters. The van der Waals surface area contributed by atoms with Gasteiger partial charge in [-0.3, -0.25) is 4.79 Å². The van der Waals surface area contributed by atoms with E-state index in [1.807, 2.05) is 0 Å². The topological polar surface area (TPSA) is 52.3 Å². The summed E-state index contributed by atoms with van der Waals surface area (Å²) in [7, 11) is 1.40. The summed E-state index contributed by atoms with van der Waals surface area (Å²) in [5.41, 5.74) is 9.79. The number of carbonyl (C=O) groups is 1. The first-order valence-electron chi connectivity index (χ1n) is 5.91. The minimum absolute atomic E-state index is 0.0104. The molecule has 0 bridgehead atoms. The smallest absolute Gasteiger partial charge is 0.305 e. The number of benzene rings is 1. The zero-order valence-electron chi connectivity index (χ0n) is 10.8. The van der Waals surface area contributed by atoms with E-state index in [1.54, 1.807) is 0 Å². The average Bonchev–Trinajstić information content (AvgIpc) is 2.31. The predicted molar refractivity (Wildman–Crippen MR) is 68.8 cm³/mol. The van der Waals surface area contributed by atoms with E-state index >= 15 is 0 Å². The van der Waals surface area contributed by atoms with Gasteiger partial charge < -0.3 is 10.5 Å². The molecular weight excluding hydrogens is 214 g/mol. The number of aryl methyl sites for hydroxylation is 2. The van der Waals surface area contributed by atoms with E-state index in [0.29, 0.717) is 12.8 Å². The van der Waals surface area contributed by atoms with Crippen LogP contribution in [0.15, 0.2) is 18.2 Å². The van der Waals surface area contributed by atoms with Crippen molar-refractivity contribution in [2.24, 2.45) is 5.73 Å². The molecule has 0 saturated heterocycles. The lowest BCUT2D eigenvalue weighted by atomic mass is 9.99. The number of methoxy groups -OCH3 is 1. The van der Waals surface area contributed by atoms with Crippen LogP contribution in [-0.2, 0) is 16.0 Å². The Kier molecular flexibility index (Phi) is 5.16. The van der Waals surface area contributed by atoms with E-state index in [-0.39, 0.29) is 12.0 Å². The second-order valence-corrected chi connectivity index (χ2v) is 4.50. The molecule has 0 spiro atoms. The van der Waals surface area contributed by atoms with Crippen LogP contribution in [0.3, 0.4) is 0 Å². The van der Waals surface area contributed by atoms with Gasteiger partial charge in [-0.15, -0.1) is 0 Å². The Morgan fingerprint density at radius 1 is 1.35 bits per heavy atom. The highest BCUT2D eigenvalue weighted by Gasteiger charge is 2.08. The molecule has 94 valence electrons. The van der Waals surface area contributed by atoms with Crippen LogP contribution in [0.5, 0.6) is 0 Å². The van der Waals surface area contributed by atoms with Gasteiger partial charge in [-0.25, -0.2) is 0 Å². The Bertz CT molecular complexity index is 388. The summed E-state index contributed by atoms with van der Waals surface area (Å²) in [5.74, 6) is -0.194. The Hall–Kier alpha value is -1.35. The third-order valence-corrected chi connectivity index (χ3v) is 3.02. The van der Waals surface area contributed by atoms with Crippen molar-refractivity contribution in [1.29, 1.82) is 0 Å². The van der Waals surface area contributed by atoms with Crippen LogP contribution in [0.4, 0.5) is 0 Å². The van der Waals surface area contributed by atoms with Crippen LogP contribution < -0.4 is 5.73 Å². The molecular formula is C14H21NO2. The van der Waals surface area contributed by atoms with Gasteiger partial charge in [0.1, 0.15) is 0 Å². The number of ether oxygens (including phenoxy) is 1. The lowest BCUT2D eigenvalue weighted by molar-refractivity contribution is -0.140. The number of nitrogens with two attached hydrogens (primary N) is 1. The van der Waals surface area contributed by atoms with Gasteiger partial charge in [-0.2, -0.15) is 0 Å². The molecule has 1 unspecified atom stereocenters. The van der Waals surface area contributed by atoms with E-state index in [4.69, 9.17) is 5.73 Å². The van der Waals surface area contributed by atoms with Crippen LogP contribution >= 0.6 is 0 Å². The van der Waals surface area contributed by atoms with Crippen molar-refractivity contribution < 1.29 is 9.53 Å². The van der Waals surface area contributed by atoms with Gasteiger partial charge in [0, 0.05) is 12.5 Å². The van der Waals surface area contributed by atoms with Gasteiger partial charge in [0.2, 0.25) is 0 Å². The van der Waals surface area contributed by atoms with Crippen LogP contribution in [0, 0.1) is 13.8 Å². The minimum atomic E-state index is -0.194. The van der Waals surface area contributed by atoms with Crippen molar-refractivity contribution in [3.8, 4) is 0 Å². The zero-order valence-corrected chi connectivity index (χ0v) is 10.8.